The summed E-state index contributed by atoms with van der Waals surface area (Å²) in [6, 6.07) is 9.04. The Labute approximate surface area is 173 Å². The molecule has 0 unspecified atom stereocenters. The number of ether oxygens (including phenoxy) is 1. The zero-order valence-corrected chi connectivity index (χ0v) is 17.2. The van der Waals surface area contributed by atoms with Gasteiger partial charge in [0, 0.05) is 42.0 Å². The molecule has 30 heavy (non-hydrogen) atoms. The van der Waals surface area contributed by atoms with Gasteiger partial charge >= 0.3 is 6.09 Å². The van der Waals surface area contributed by atoms with Crippen LogP contribution in [0.2, 0.25) is 0 Å². The van der Waals surface area contributed by atoms with Crippen LogP contribution in [-0.2, 0) is 11.3 Å². The fourth-order valence-electron chi connectivity index (χ4n) is 3.78. The molecule has 154 valence electrons. The second kappa shape index (κ2) is 7.40. The molecule has 0 spiro atoms. The smallest absolute Gasteiger partial charge is 0.407 e. The molecular weight excluding hydrogens is 382 g/mol. The zero-order chi connectivity index (χ0) is 21.5. The molecule has 1 aliphatic carbocycles. The van der Waals surface area contributed by atoms with Crippen molar-refractivity contribution in [3.8, 4) is 11.3 Å². The van der Waals surface area contributed by atoms with Crippen molar-refractivity contribution < 1.29 is 14.3 Å². The van der Waals surface area contributed by atoms with E-state index in [0.717, 1.165) is 5.56 Å². The van der Waals surface area contributed by atoms with E-state index in [9.17, 15) is 14.4 Å². The summed E-state index contributed by atoms with van der Waals surface area (Å²) in [5.74, 6) is -0.0857. The molecule has 2 aromatic heterocycles. The predicted molar refractivity (Wildman–Crippen MR) is 114 cm³/mol. The molecule has 7 nitrogen and oxygen atoms in total. The molecule has 1 amide bonds. The Morgan fingerprint density at radius 3 is 2.57 bits per heavy atom. The first-order chi connectivity index (χ1) is 14.3. The highest BCUT2D eigenvalue weighted by atomic mass is 16.6. The summed E-state index contributed by atoms with van der Waals surface area (Å²) in [4.78, 5) is 42.2. The topological polar surface area (TPSA) is 90.3 Å². The van der Waals surface area contributed by atoms with Gasteiger partial charge in [0.25, 0.3) is 5.56 Å². The van der Waals surface area contributed by atoms with E-state index in [1.54, 1.807) is 43.7 Å². The number of carbonyl (C=O) groups excluding carboxylic acids is 2. The van der Waals surface area contributed by atoms with Gasteiger partial charge in [0.1, 0.15) is 5.60 Å². The molecule has 2 heterocycles. The summed E-state index contributed by atoms with van der Waals surface area (Å²) in [5, 5.41) is 3.74. The quantitative estimate of drug-likeness (QED) is 0.525. The molecule has 0 bridgehead atoms. The molecule has 1 N–H and O–H groups in total. The average Bonchev–Trinajstić information content (AvgIpc) is 2.99. The Morgan fingerprint density at radius 2 is 1.83 bits per heavy atom. The normalized spacial score (nSPS) is 12.6. The summed E-state index contributed by atoms with van der Waals surface area (Å²) in [7, 11) is 0. The van der Waals surface area contributed by atoms with E-state index < -0.39 is 11.7 Å². The van der Waals surface area contributed by atoms with Crippen LogP contribution in [0.4, 0.5) is 4.79 Å². The van der Waals surface area contributed by atoms with Crippen LogP contribution in [0, 0.1) is 0 Å². The molecular formula is C23H23N3O4. The van der Waals surface area contributed by atoms with Crippen LogP contribution in [0.5, 0.6) is 0 Å². The summed E-state index contributed by atoms with van der Waals surface area (Å²) >= 11 is 0. The molecule has 4 rings (SSSR count). The number of hydrogen-bond acceptors (Lipinski definition) is 5. The SMILES string of the molecule is CC(C)(C)OC(=O)NCCCn1c2c(c3ccncc3c1=O)C(=O)c1ccccc1-2. The van der Waals surface area contributed by atoms with Crippen LogP contribution in [0.15, 0.2) is 47.5 Å². The molecule has 0 fully saturated rings. The summed E-state index contributed by atoms with van der Waals surface area (Å²) in [6.07, 6.45) is 3.11. The second-order valence-electron chi connectivity index (χ2n) is 8.26. The van der Waals surface area contributed by atoms with Crippen molar-refractivity contribution in [2.75, 3.05) is 6.54 Å². The Morgan fingerprint density at radius 1 is 1.10 bits per heavy atom. The minimum Gasteiger partial charge on any atom is -0.444 e. The third-order valence-electron chi connectivity index (χ3n) is 4.95. The Balaban J connectivity index is 1.68. The van der Waals surface area contributed by atoms with E-state index in [2.05, 4.69) is 10.3 Å². The second-order valence-corrected chi connectivity index (χ2v) is 8.26. The fraction of sp³-hybridized carbons (Fsp3) is 0.304. The molecule has 0 saturated heterocycles. The first-order valence-corrected chi connectivity index (χ1v) is 9.89. The van der Waals surface area contributed by atoms with Gasteiger partial charge in [-0.15, -0.1) is 0 Å². The standard InChI is InChI=1S/C23H23N3O4/c1-23(2,3)30-22(29)25-10-6-12-26-19-15-7-4-5-8-16(15)20(27)18(19)14-9-11-24-13-17(14)21(26)28/h4-5,7-9,11,13H,6,10,12H2,1-3H3,(H,25,29). The number of pyridine rings is 2. The molecule has 7 heteroatoms. The summed E-state index contributed by atoms with van der Waals surface area (Å²) in [5.41, 5.74) is 1.76. The maximum Gasteiger partial charge on any atom is 0.407 e. The zero-order valence-electron chi connectivity index (χ0n) is 17.2. The molecule has 0 aliphatic heterocycles. The molecule has 0 radical (unpaired) electrons. The van der Waals surface area contributed by atoms with Gasteiger partial charge in [0.2, 0.25) is 0 Å². The maximum absolute atomic E-state index is 13.2. The van der Waals surface area contributed by atoms with E-state index in [-0.39, 0.29) is 11.3 Å². The number of benzene rings is 1. The number of aromatic nitrogens is 2. The monoisotopic (exact) mass is 405 g/mol. The lowest BCUT2D eigenvalue weighted by Crippen LogP contribution is -2.33. The largest absolute Gasteiger partial charge is 0.444 e. The predicted octanol–water partition coefficient (Wildman–Crippen LogP) is 3.52. The van der Waals surface area contributed by atoms with Crippen molar-refractivity contribution in [3.63, 3.8) is 0 Å². The number of hydrogen-bond donors (Lipinski definition) is 1. The van der Waals surface area contributed by atoms with Crippen LogP contribution in [0.3, 0.4) is 0 Å². The Bertz CT molecular complexity index is 1220. The van der Waals surface area contributed by atoms with Gasteiger partial charge in [-0.1, -0.05) is 24.3 Å². The lowest BCUT2D eigenvalue weighted by Gasteiger charge is -2.20. The van der Waals surface area contributed by atoms with Crippen LogP contribution in [0.25, 0.3) is 22.0 Å². The summed E-state index contributed by atoms with van der Waals surface area (Å²) < 4.78 is 6.86. The van der Waals surface area contributed by atoms with E-state index in [4.69, 9.17) is 4.74 Å². The van der Waals surface area contributed by atoms with Crippen LogP contribution < -0.4 is 10.9 Å². The minimum atomic E-state index is -0.572. The van der Waals surface area contributed by atoms with Crippen LogP contribution in [0.1, 0.15) is 43.1 Å². The fourth-order valence-corrected chi connectivity index (χ4v) is 3.78. The number of fused-ring (bicyclic) bond motifs is 5. The number of nitrogens with one attached hydrogen (secondary N) is 1. The third-order valence-corrected chi connectivity index (χ3v) is 4.95. The molecule has 1 aromatic carbocycles. The maximum atomic E-state index is 13.2. The lowest BCUT2D eigenvalue weighted by molar-refractivity contribution is 0.0526. The van der Waals surface area contributed by atoms with Crippen molar-refractivity contribution in [1.82, 2.24) is 14.9 Å². The van der Waals surface area contributed by atoms with Crippen molar-refractivity contribution >= 4 is 22.6 Å². The number of rotatable bonds is 4. The van der Waals surface area contributed by atoms with E-state index in [1.165, 1.54) is 6.20 Å². The van der Waals surface area contributed by atoms with Gasteiger partial charge in [-0.05, 0) is 33.3 Å². The number of carbonyl (C=O) groups is 2. The van der Waals surface area contributed by atoms with Gasteiger partial charge in [-0.25, -0.2) is 4.79 Å². The van der Waals surface area contributed by atoms with E-state index in [1.807, 2.05) is 18.2 Å². The number of amides is 1. The van der Waals surface area contributed by atoms with Crippen molar-refractivity contribution in [2.24, 2.45) is 0 Å². The highest BCUT2D eigenvalue weighted by molar-refractivity contribution is 6.26. The minimum absolute atomic E-state index is 0.0857. The molecule has 0 atom stereocenters. The summed E-state index contributed by atoms with van der Waals surface area (Å²) in [6.45, 7) is 6.09. The van der Waals surface area contributed by atoms with Crippen LogP contribution in [-0.4, -0.2) is 33.6 Å². The van der Waals surface area contributed by atoms with Crippen molar-refractivity contribution in [2.45, 2.75) is 39.3 Å². The Hall–Kier alpha value is -3.48. The van der Waals surface area contributed by atoms with Gasteiger partial charge in [0.15, 0.2) is 5.78 Å². The van der Waals surface area contributed by atoms with Gasteiger partial charge < -0.3 is 14.6 Å². The number of ketones is 1. The lowest BCUT2D eigenvalue weighted by atomic mass is 10.0. The highest BCUT2D eigenvalue weighted by Gasteiger charge is 2.32. The van der Waals surface area contributed by atoms with Gasteiger partial charge in [0.05, 0.1) is 16.6 Å². The molecule has 0 saturated carbocycles. The first kappa shape index (κ1) is 19.8. The van der Waals surface area contributed by atoms with E-state index in [0.29, 0.717) is 47.1 Å². The third kappa shape index (κ3) is 3.47. The number of nitrogens with zero attached hydrogens (tertiary/aromatic N) is 2. The van der Waals surface area contributed by atoms with E-state index >= 15 is 0 Å². The molecule has 1 aliphatic rings. The Kier molecular flexibility index (Phi) is 4.89. The van der Waals surface area contributed by atoms with Crippen LogP contribution >= 0.6 is 0 Å². The van der Waals surface area contributed by atoms with Gasteiger partial charge in [-0.3, -0.25) is 14.6 Å². The highest BCUT2D eigenvalue weighted by Crippen LogP contribution is 2.38. The first-order valence-electron chi connectivity index (χ1n) is 9.89. The average molecular weight is 405 g/mol. The van der Waals surface area contributed by atoms with Crippen molar-refractivity contribution in [1.29, 1.82) is 0 Å². The van der Waals surface area contributed by atoms with Gasteiger partial charge in [-0.2, -0.15) is 0 Å². The van der Waals surface area contributed by atoms with Crippen molar-refractivity contribution in [3.05, 3.63) is 64.2 Å². The number of alkyl carbamates (subject to hydrolysis) is 1. The molecule has 3 aromatic rings.